The molecule has 0 saturated carbocycles. The summed E-state index contributed by atoms with van der Waals surface area (Å²) in [7, 11) is 0. The molecular formula is C17H16BrClO2. The number of carbonyl (C=O) groups excluding carboxylic acids is 1. The molecule has 0 amide bonds. The number of ketones is 1. The predicted molar refractivity (Wildman–Crippen MR) is 89.4 cm³/mol. The lowest BCUT2D eigenvalue weighted by Crippen LogP contribution is -2.11. The Morgan fingerprint density at radius 1 is 1.19 bits per heavy atom. The third kappa shape index (κ3) is 4.58. The number of aryl methyl sites for hydroxylation is 1. The summed E-state index contributed by atoms with van der Waals surface area (Å²) in [5.41, 5.74) is 1.90. The molecule has 0 spiro atoms. The average molecular weight is 368 g/mol. The van der Waals surface area contributed by atoms with E-state index in [0.29, 0.717) is 16.3 Å². The zero-order chi connectivity index (χ0) is 15.2. The van der Waals surface area contributed by atoms with Gasteiger partial charge in [-0.2, -0.15) is 0 Å². The molecule has 0 bridgehead atoms. The van der Waals surface area contributed by atoms with Gasteiger partial charge in [0.2, 0.25) is 0 Å². The van der Waals surface area contributed by atoms with Crippen molar-refractivity contribution in [3.8, 4) is 5.75 Å². The highest BCUT2D eigenvalue weighted by molar-refractivity contribution is 9.10. The maximum atomic E-state index is 12.1. The Hall–Kier alpha value is -1.32. The summed E-state index contributed by atoms with van der Waals surface area (Å²) >= 11 is 9.37. The van der Waals surface area contributed by atoms with Gasteiger partial charge in [0.1, 0.15) is 5.75 Å². The molecule has 0 fully saturated rings. The van der Waals surface area contributed by atoms with Gasteiger partial charge in [-0.15, -0.1) is 0 Å². The van der Waals surface area contributed by atoms with Gasteiger partial charge in [0.15, 0.2) is 12.4 Å². The van der Waals surface area contributed by atoms with E-state index in [1.165, 1.54) is 5.56 Å². The van der Waals surface area contributed by atoms with Crippen LogP contribution in [0, 0.1) is 0 Å². The minimum absolute atomic E-state index is 0.0194. The van der Waals surface area contributed by atoms with Crippen molar-refractivity contribution >= 4 is 33.3 Å². The van der Waals surface area contributed by atoms with Gasteiger partial charge in [-0.05, 0) is 30.2 Å². The van der Waals surface area contributed by atoms with E-state index >= 15 is 0 Å². The molecule has 0 radical (unpaired) electrons. The Labute approximate surface area is 138 Å². The van der Waals surface area contributed by atoms with Crippen LogP contribution < -0.4 is 4.74 Å². The largest absolute Gasteiger partial charge is 0.484 e. The lowest BCUT2D eigenvalue weighted by Gasteiger charge is -2.08. The Bertz CT molecular complexity index is 623. The first-order chi connectivity index (χ1) is 10.1. The average Bonchev–Trinajstić information content (AvgIpc) is 2.47. The lowest BCUT2D eigenvalue weighted by molar-refractivity contribution is 0.0921. The highest BCUT2D eigenvalue weighted by Crippen LogP contribution is 2.27. The quantitative estimate of drug-likeness (QED) is 0.646. The van der Waals surface area contributed by atoms with Gasteiger partial charge >= 0.3 is 0 Å². The van der Waals surface area contributed by atoms with Crippen molar-refractivity contribution in [1.29, 1.82) is 0 Å². The summed E-state index contributed by atoms with van der Waals surface area (Å²) < 4.78 is 6.36. The van der Waals surface area contributed by atoms with Gasteiger partial charge in [0.05, 0.1) is 5.02 Å². The molecular weight excluding hydrogens is 352 g/mol. The van der Waals surface area contributed by atoms with Crippen LogP contribution in [0.25, 0.3) is 0 Å². The second-order valence-electron chi connectivity index (χ2n) is 4.73. The lowest BCUT2D eigenvalue weighted by atomic mass is 10.1. The molecule has 0 N–H and O–H groups in total. The fourth-order valence-corrected chi connectivity index (χ4v) is 2.69. The molecule has 2 aromatic carbocycles. The van der Waals surface area contributed by atoms with Gasteiger partial charge in [0, 0.05) is 10.0 Å². The van der Waals surface area contributed by atoms with Crippen molar-refractivity contribution in [2.24, 2.45) is 0 Å². The van der Waals surface area contributed by atoms with E-state index in [0.717, 1.165) is 17.3 Å². The Balaban J connectivity index is 1.98. The van der Waals surface area contributed by atoms with Crippen molar-refractivity contribution in [3.05, 3.63) is 63.1 Å². The minimum atomic E-state index is -0.0583. The third-order valence-electron chi connectivity index (χ3n) is 3.07. The van der Waals surface area contributed by atoms with E-state index in [1.807, 2.05) is 30.3 Å². The number of halogens is 2. The molecule has 0 aromatic heterocycles. The molecule has 110 valence electrons. The summed E-state index contributed by atoms with van der Waals surface area (Å²) in [6.45, 7) is 2.11. The molecule has 2 aromatic rings. The molecule has 0 aliphatic carbocycles. The van der Waals surface area contributed by atoms with Gasteiger partial charge in [-0.3, -0.25) is 4.79 Å². The van der Waals surface area contributed by atoms with Crippen LogP contribution in [0.3, 0.4) is 0 Å². The van der Waals surface area contributed by atoms with Crippen LogP contribution in [0.5, 0.6) is 5.75 Å². The summed E-state index contributed by atoms with van der Waals surface area (Å²) in [4.78, 5) is 12.1. The van der Waals surface area contributed by atoms with E-state index in [2.05, 4.69) is 22.9 Å². The molecule has 21 heavy (non-hydrogen) atoms. The monoisotopic (exact) mass is 366 g/mol. The summed E-state index contributed by atoms with van der Waals surface area (Å²) in [6, 6.07) is 13.0. The van der Waals surface area contributed by atoms with Gasteiger partial charge < -0.3 is 4.74 Å². The zero-order valence-corrected chi connectivity index (χ0v) is 14.1. The van der Waals surface area contributed by atoms with Crippen LogP contribution in [-0.2, 0) is 6.42 Å². The van der Waals surface area contributed by atoms with Crippen LogP contribution in [0.1, 0.15) is 29.3 Å². The van der Waals surface area contributed by atoms with Gasteiger partial charge in [-0.25, -0.2) is 0 Å². The third-order valence-corrected chi connectivity index (χ3v) is 3.86. The van der Waals surface area contributed by atoms with Gasteiger partial charge in [0.25, 0.3) is 0 Å². The Morgan fingerprint density at radius 2 is 1.90 bits per heavy atom. The minimum Gasteiger partial charge on any atom is -0.484 e. The van der Waals surface area contributed by atoms with Crippen molar-refractivity contribution in [1.82, 2.24) is 0 Å². The number of ether oxygens (including phenoxy) is 1. The van der Waals surface area contributed by atoms with E-state index in [1.54, 1.807) is 12.1 Å². The highest BCUT2D eigenvalue weighted by Gasteiger charge is 2.09. The SMILES string of the molecule is CCCc1ccc(C(=O)COc2ccc(Br)cc2Cl)cc1. The normalized spacial score (nSPS) is 10.4. The number of benzene rings is 2. The maximum Gasteiger partial charge on any atom is 0.200 e. The molecule has 2 nitrogen and oxygen atoms in total. The topological polar surface area (TPSA) is 26.3 Å². The van der Waals surface area contributed by atoms with Crippen LogP contribution in [0.15, 0.2) is 46.9 Å². The van der Waals surface area contributed by atoms with Crippen molar-refractivity contribution in [2.45, 2.75) is 19.8 Å². The summed E-state index contributed by atoms with van der Waals surface area (Å²) in [5, 5.41) is 0.482. The maximum absolute atomic E-state index is 12.1. The molecule has 0 aliphatic rings. The fourth-order valence-electron chi connectivity index (χ4n) is 1.96. The number of hydrogen-bond donors (Lipinski definition) is 0. The van der Waals surface area contributed by atoms with Crippen molar-refractivity contribution in [2.75, 3.05) is 6.61 Å². The molecule has 4 heteroatoms. The highest BCUT2D eigenvalue weighted by atomic mass is 79.9. The first kappa shape index (κ1) is 16.1. The first-order valence-electron chi connectivity index (χ1n) is 6.80. The summed E-state index contributed by atoms with van der Waals surface area (Å²) in [6.07, 6.45) is 2.12. The number of Topliss-reactive ketones (excluding diaryl/α,β-unsaturated/α-hetero) is 1. The number of hydrogen-bond acceptors (Lipinski definition) is 2. The number of carbonyl (C=O) groups is 1. The molecule has 0 unspecified atom stereocenters. The van der Waals surface area contributed by atoms with E-state index < -0.39 is 0 Å². The predicted octanol–water partition coefficient (Wildman–Crippen LogP) is 5.32. The van der Waals surface area contributed by atoms with E-state index in [-0.39, 0.29) is 12.4 Å². The fraction of sp³-hybridized carbons (Fsp3) is 0.235. The molecule has 0 atom stereocenters. The molecule has 0 heterocycles. The smallest absolute Gasteiger partial charge is 0.200 e. The van der Waals surface area contributed by atoms with Crippen LogP contribution in [-0.4, -0.2) is 12.4 Å². The Morgan fingerprint density at radius 3 is 2.52 bits per heavy atom. The number of rotatable bonds is 6. The van der Waals surface area contributed by atoms with Crippen molar-refractivity contribution in [3.63, 3.8) is 0 Å². The molecule has 2 rings (SSSR count). The second kappa shape index (κ2) is 7.62. The van der Waals surface area contributed by atoms with Crippen LogP contribution in [0.2, 0.25) is 5.02 Å². The standard InChI is InChI=1S/C17H16BrClO2/c1-2-3-12-4-6-13(7-5-12)16(20)11-21-17-9-8-14(18)10-15(17)19/h4-10H,2-3,11H2,1H3. The first-order valence-corrected chi connectivity index (χ1v) is 7.97. The van der Waals surface area contributed by atoms with Crippen molar-refractivity contribution < 1.29 is 9.53 Å². The second-order valence-corrected chi connectivity index (χ2v) is 6.06. The van der Waals surface area contributed by atoms with Gasteiger partial charge in [-0.1, -0.05) is 65.1 Å². The summed E-state index contributed by atoms with van der Waals surface area (Å²) in [5.74, 6) is 0.452. The van der Waals surface area contributed by atoms with Crippen LogP contribution in [0.4, 0.5) is 0 Å². The van der Waals surface area contributed by atoms with E-state index in [9.17, 15) is 4.79 Å². The zero-order valence-electron chi connectivity index (χ0n) is 11.7. The van der Waals surface area contributed by atoms with E-state index in [4.69, 9.17) is 16.3 Å². The molecule has 0 aliphatic heterocycles. The van der Waals surface area contributed by atoms with Crippen LogP contribution >= 0.6 is 27.5 Å². The Kier molecular flexibility index (Phi) is 5.83. The molecule has 0 saturated heterocycles.